The van der Waals surface area contributed by atoms with Crippen LogP contribution in [0, 0.1) is 11.7 Å². The zero-order chi connectivity index (χ0) is 20.0. The average molecular weight is 396 g/mol. The van der Waals surface area contributed by atoms with Crippen molar-refractivity contribution in [1.82, 2.24) is 10.6 Å². The minimum absolute atomic E-state index is 0.153. The number of aliphatic imine (C=N–C) groups is 1. The highest BCUT2D eigenvalue weighted by molar-refractivity contribution is 5.79. The third-order valence-electron chi connectivity index (χ3n) is 4.44. The van der Waals surface area contributed by atoms with E-state index in [1.165, 1.54) is 12.1 Å². The fraction of sp³-hybridized carbons (Fsp3) is 0.667. The van der Waals surface area contributed by atoms with Crippen LogP contribution in [-0.4, -0.2) is 58.1 Å². The van der Waals surface area contributed by atoms with E-state index in [0.717, 1.165) is 64.7 Å². The van der Waals surface area contributed by atoms with E-state index < -0.39 is 0 Å². The fourth-order valence-electron chi connectivity index (χ4n) is 2.92. The number of nitrogens with one attached hydrogen (secondary N) is 2. The largest absolute Gasteiger partial charge is 0.489 e. The molecule has 1 atom stereocenters. The van der Waals surface area contributed by atoms with Crippen molar-refractivity contribution in [3.05, 3.63) is 30.1 Å². The summed E-state index contributed by atoms with van der Waals surface area (Å²) in [5.41, 5.74) is 0. The maximum absolute atomic E-state index is 13.2. The molecule has 1 aromatic rings. The molecule has 0 amide bonds. The summed E-state index contributed by atoms with van der Waals surface area (Å²) >= 11 is 0. The van der Waals surface area contributed by atoms with Crippen LogP contribution in [0.15, 0.2) is 29.3 Å². The standard InChI is InChI=1S/C21H34FN3O3/c1-3-23-21(24-10-5-11-27-16-18-8-12-26-13-9-18)25-15-17(2)28-20-7-4-6-19(22)14-20/h4,6-7,14,17-18H,3,5,8-13,15-16H2,1-2H3,(H2,23,24,25). The van der Waals surface area contributed by atoms with Crippen LogP contribution in [-0.2, 0) is 9.47 Å². The van der Waals surface area contributed by atoms with E-state index in [4.69, 9.17) is 14.2 Å². The number of rotatable bonds is 11. The van der Waals surface area contributed by atoms with E-state index in [9.17, 15) is 4.39 Å². The molecule has 158 valence electrons. The molecule has 1 aliphatic rings. The highest BCUT2D eigenvalue weighted by Gasteiger charge is 2.13. The number of halogens is 1. The highest BCUT2D eigenvalue weighted by atomic mass is 19.1. The van der Waals surface area contributed by atoms with Gasteiger partial charge in [-0.05, 0) is 51.2 Å². The lowest BCUT2D eigenvalue weighted by atomic mass is 10.0. The molecule has 1 aromatic carbocycles. The molecule has 0 aliphatic carbocycles. The summed E-state index contributed by atoms with van der Waals surface area (Å²) in [6, 6.07) is 6.16. The van der Waals surface area contributed by atoms with Crippen LogP contribution < -0.4 is 15.4 Å². The first-order valence-corrected chi connectivity index (χ1v) is 10.3. The van der Waals surface area contributed by atoms with Gasteiger partial charge in [-0.15, -0.1) is 0 Å². The van der Waals surface area contributed by atoms with Gasteiger partial charge in [0, 0.05) is 45.6 Å². The van der Waals surface area contributed by atoms with E-state index >= 15 is 0 Å². The average Bonchev–Trinajstić information content (AvgIpc) is 2.69. The molecular formula is C21H34FN3O3. The van der Waals surface area contributed by atoms with E-state index in [0.29, 0.717) is 18.2 Å². The van der Waals surface area contributed by atoms with E-state index in [1.807, 2.05) is 13.8 Å². The minimum Gasteiger partial charge on any atom is -0.489 e. The van der Waals surface area contributed by atoms with Gasteiger partial charge in [0.2, 0.25) is 0 Å². The van der Waals surface area contributed by atoms with E-state index in [-0.39, 0.29) is 11.9 Å². The lowest BCUT2D eigenvalue weighted by molar-refractivity contribution is 0.0203. The van der Waals surface area contributed by atoms with Gasteiger partial charge in [0.15, 0.2) is 5.96 Å². The maximum atomic E-state index is 13.2. The Labute approximate surface area is 167 Å². The van der Waals surface area contributed by atoms with Gasteiger partial charge in [-0.25, -0.2) is 9.38 Å². The maximum Gasteiger partial charge on any atom is 0.191 e. The first-order chi connectivity index (χ1) is 13.7. The number of guanidine groups is 1. The SMILES string of the molecule is CCNC(=NCC(C)Oc1cccc(F)c1)NCCCOCC1CCOCC1. The van der Waals surface area contributed by atoms with Crippen LogP contribution in [0.1, 0.15) is 33.1 Å². The Bertz CT molecular complexity index is 580. The van der Waals surface area contributed by atoms with Gasteiger partial charge >= 0.3 is 0 Å². The Kier molecular flexibility index (Phi) is 10.7. The van der Waals surface area contributed by atoms with Crippen LogP contribution in [0.3, 0.4) is 0 Å². The van der Waals surface area contributed by atoms with Crippen molar-refractivity contribution in [2.75, 3.05) is 46.1 Å². The zero-order valence-electron chi connectivity index (χ0n) is 17.1. The first kappa shape index (κ1) is 22.4. The summed E-state index contributed by atoms with van der Waals surface area (Å²) in [5.74, 6) is 1.60. The molecule has 0 saturated carbocycles. The second-order valence-corrected chi connectivity index (χ2v) is 7.02. The van der Waals surface area contributed by atoms with Crippen LogP contribution in [0.5, 0.6) is 5.75 Å². The van der Waals surface area contributed by atoms with Crippen LogP contribution in [0.4, 0.5) is 4.39 Å². The number of hydrogen-bond donors (Lipinski definition) is 2. The molecule has 1 heterocycles. The van der Waals surface area contributed by atoms with Gasteiger partial charge in [-0.1, -0.05) is 6.07 Å². The van der Waals surface area contributed by atoms with Gasteiger partial charge in [0.25, 0.3) is 0 Å². The first-order valence-electron chi connectivity index (χ1n) is 10.3. The summed E-state index contributed by atoms with van der Waals surface area (Å²) in [6.07, 6.45) is 2.97. The Morgan fingerprint density at radius 3 is 2.89 bits per heavy atom. The summed E-state index contributed by atoms with van der Waals surface area (Å²) in [4.78, 5) is 4.54. The molecule has 1 saturated heterocycles. The lowest BCUT2D eigenvalue weighted by Crippen LogP contribution is -2.38. The molecule has 0 radical (unpaired) electrons. The molecular weight excluding hydrogens is 361 g/mol. The number of hydrogen-bond acceptors (Lipinski definition) is 4. The van der Waals surface area contributed by atoms with Gasteiger partial charge in [0.05, 0.1) is 6.54 Å². The van der Waals surface area contributed by atoms with Crippen LogP contribution >= 0.6 is 0 Å². The summed E-state index contributed by atoms with van der Waals surface area (Å²) in [5, 5.41) is 6.53. The second kappa shape index (κ2) is 13.3. The van der Waals surface area contributed by atoms with Crippen molar-refractivity contribution in [3.8, 4) is 5.75 Å². The molecule has 1 aliphatic heterocycles. The Morgan fingerprint density at radius 1 is 1.32 bits per heavy atom. The normalized spacial score (nSPS) is 16.6. The van der Waals surface area contributed by atoms with Crippen LogP contribution in [0.2, 0.25) is 0 Å². The quantitative estimate of drug-likeness (QED) is 0.343. The summed E-state index contributed by atoms with van der Waals surface area (Å²) in [6.45, 7) is 9.28. The van der Waals surface area contributed by atoms with Crippen LogP contribution in [0.25, 0.3) is 0 Å². The molecule has 0 aromatic heterocycles. The minimum atomic E-state index is -0.303. The van der Waals surface area contributed by atoms with Gasteiger partial charge < -0.3 is 24.8 Å². The smallest absolute Gasteiger partial charge is 0.191 e. The molecule has 6 nitrogen and oxygen atoms in total. The second-order valence-electron chi connectivity index (χ2n) is 7.02. The molecule has 2 rings (SSSR count). The highest BCUT2D eigenvalue weighted by Crippen LogP contribution is 2.15. The van der Waals surface area contributed by atoms with Crippen molar-refractivity contribution >= 4 is 5.96 Å². The molecule has 1 fully saturated rings. The predicted molar refractivity (Wildman–Crippen MR) is 109 cm³/mol. The Balaban J connectivity index is 1.62. The number of ether oxygens (including phenoxy) is 3. The van der Waals surface area contributed by atoms with Crippen molar-refractivity contribution in [1.29, 1.82) is 0 Å². The molecule has 1 unspecified atom stereocenters. The molecule has 28 heavy (non-hydrogen) atoms. The lowest BCUT2D eigenvalue weighted by Gasteiger charge is -2.21. The predicted octanol–water partition coefficient (Wildman–Crippen LogP) is 2.98. The van der Waals surface area contributed by atoms with E-state index in [2.05, 4.69) is 15.6 Å². The third-order valence-corrected chi connectivity index (χ3v) is 4.44. The molecule has 0 bridgehead atoms. The number of nitrogens with zero attached hydrogens (tertiary/aromatic N) is 1. The zero-order valence-corrected chi connectivity index (χ0v) is 17.1. The van der Waals surface area contributed by atoms with Crippen molar-refractivity contribution in [2.24, 2.45) is 10.9 Å². The fourth-order valence-corrected chi connectivity index (χ4v) is 2.92. The van der Waals surface area contributed by atoms with Crippen molar-refractivity contribution in [3.63, 3.8) is 0 Å². The molecule has 0 spiro atoms. The van der Waals surface area contributed by atoms with Crippen molar-refractivity contribution in [2.45, 2.75) is 39.2 Å². The van der Waals surface area contributed by atoms with Gasteiger partial charge in [-0.2, -0.15) is 0 Å². The van der Waals surface area contributed by atoms with Crippen molar-refractivity contribution < 1.29 is 18.6 Å². The van der Waals surface area contributed by atoms with Gasteiger partial charge in [0.1, 0.15) is 17.7 Å². The monoisotopic (exact) mass is 395 g/mol. The Morgan fingerprint density at radius 2 is 2.14 bits per heavy atom. The molecule has 7 heteroatoms. The number of benzene rings is 1. The van der Waals surface area contributed by atoms with Gasteiger partial charge in [-0.3, -0.25) is 0 Å². The Hall–Kier alpha value is -1.86. The third kappa shape index (κ3) is 9.37. The summed E-state index contributed by atoms with van der Waals surface area (Å²) < 4.78 is 30.1. The molecule has 2 N–H and O–H groups in total. The topological polar surface area (TPSA) is 64.1 Å². The van der Waals surface area contributed by atoms with E-state index in [1.54, 1.807) is 12.1 Å². The summed E-state index contributed by atoms with van der Waals surface area (Å²) in [7, 11) is 0.